The summed E-state index contributed by atoms with van der Waals surface area (Å²) in [6, 6.07) is 14.0. The Morgan fingerprint density at radius 1 is 1.05 bits per heavy atom. The second-order valence-corrected chi connectivity index (χ2v) is 3.87. The van der Waals surface area contributed by atoms with Crippen molar-refractivity contribution in [2.24, 2.45) is 5.73 Å². The summed E-state index contributed by atoms with van der Waals surface area (Å²) < 4.78 is 11.0. The van der Waals surface area contributed by atoms with Gasteiger partial charge in [0.2, 0.25) is 0 Å². The smallest absolute Gasteiger partial charge is 0.252 e. The Balaban J connectivity index is 2.19. The molecule has 0 spiro atoms. The summed E-state index contributed by atoms with van der Waals surface area (Å²) in [5, 5.41) is 0. The minimum absolute atomic E-state index is 0.358. The summed E-state index contributed by atoms with van der Waals surface area (Å²) in [6.07, 6.45) is 0. The van der Waals surface area contributed by atoms with E-state index in [1.807, 2.05) is 19.1 Å². The third-order valence-electron chi connectivity index (χ3n) is 2.52. The minimum atomic E-state index is -0.512. The van der Waals surface area contributed by atoms with Crippen LogP contribution in [0.25, 0.3) is 0 Å². The number of amides is 1. The van der Waals surface area contributed by atoms with Crippen LogP contribution in [0.3, 0.4) is 0 Å². The SMILES string of the molecule is CCOc1ccc(Oc2ccccc2C(N)=O)cc1. The lowest BCUT2D eigenvalue weighted by Gasteiger charge is -2.09. The van der Waals surface area contributed by atoms with Crippen LogP contribution in [0.5, 0.6) is 17.2 Å². The molecule has 0 saturated carbocycles. The van der Waals surface area contributed by atoms with E-state index in [9.17, 15) is 4.79 Å². The fourth-order valence-electron chi connectivity index (χ4n) is 1.66. The van der Waals surface area contributed by atoms with Crippen LogP contribution in [0, 0.1) is 0 Å². The van der Waals surface area contributed by atoms with Gasteiger partial charge in [0.25, 0.3) is 5.91 Å². The summed E-state index contributed by atoms with van der Waals surface area (Å²) in [7, 11) is 0. The number of para-hydroxylation sites is 1. The van der Waals surface area contributed by atoms with Crippen LogP contribution >= 0.6 is 0 Å². The van der Waals surface area contributed by atoms with Gasteiger partial charge in [-0.25, -0.2) is 0 Å². The fraction of sp³-hybridized carbons (Fsp3) is 0.133. The van der Waals surface area contributed by atoms with Crippen molar-refractivity contribution in [2.75, 3.05) is 6.61 Å². The normalized spacial score (nSPS) is 9.95. The van der Waals surface area contributed by atoms with E-state index < -0.39 is 5.91 Å². The van der Waals surface area contributed by atoms with Gasteiger partial charge in [-0.1, -0.05) is 12.1 Å². The van der Waals surface area contributed by atoms with Gasteiger partial charge in [0.1, 0.15) is 17.2 Å². The molecule has 2 N–H and O–H groups in total. The van der Waals surface area contributed by atoms with Crippen LogP contribution in [-0.4, -0.2) is 12.5 Å². The monoisotopic (exact) mass is 257 g/mol. The lowest BCUT2D eigenvalue weighted by atomic mass is 10.2. The molecule has 0 saturated heterocycles. The molecular weight excluding hydrogens is 242 g/mol. The molecule has 0 radical (unpaired) electrons. The first-order valence-corrected chi connectivity index (χ1v) is 6.00. The van der Waals surface area contributed by atoms with Gasteiger partial charge in [0.15, 0.2) is 0 Å². The molecule has 2 aromatic carbocycles. The zero-order valence-corrected chi connectivity index (χ0v) is 10.6. The number of nitrogens with two attached hydrogens (primary N) is 1. The fourth-order valence-corrected chi connectivity index (χ4v) is 1.66. The zero-order chi connectivity index (χ0) is 13.7. The number of carbonyl (C=O) groups excluding carboxylic acids is 1. The van der Waals surface area contributed by atoms with Crippen molar-refractivity contribution >= 4 is 5.91 Å². The van der Waals surface area contributed by atoms with E-state index in [0.717, 1.165) is 5.75 Å². The van der Waals surface area contributed by atoms with E-state index in [-0.39, 0.29) is 0 Å². The first-order valence-electron chi connectivity index (χ1n) is 6.00. The first kappa shape index (κ1) is 13.0. The van der Waals surface area contributed by atoms with Gasteiger partial charge in [0.05, 0.1) is 12.2 Å². The van der Waals surface area contributed by atoms with Gasteiger partial charge >= 0.3 is 0 Å². The molecule has 4 heteroatoms. The number of rotatable bonds is 5. The zero-order valence-electron chi connectivity index (χ0n) is 10.6. The lowest BCUT2D eigenvalue weighted by molar-refractivity contribution is 0.0998. The van der Waals surface area contributed by atoms with Crippen LogP contribution in [0.2, 0.25) is 0 Å². The van der Waals surface area contributed by atoms with Crippen molar-refractivity contribution in [1.29, 1.82) is 0 Å². The van der Waals surface area contributed by atoms with Gasteiger partial charge in [-0.3, -0.25) is 4.79 Å². The first-order chi connectivity index (χ1) is 9.20. The quantitative estimate of drug-likeness (QED) is 0.895. The van der Waals surface area contributed by atoms with Crippen LogP contribution in [0.1, 0.15) is 17.3 Å². The molecule has 19 heavy (non-hydrogen) atoms. The molecule has 0 aliphatic heterocycles. The minimum Gasteiger partial charge on any atom is -0.494 e. The molecule has 98 valence electrons. The van der Waals surface area contributed by atoms with Crippen LogP contribution in [-0.2, 0) is 0 Å². The number of carbonyl (C=O) groups is 1. The van der Waals surface area contributed by atoms with E-state index in [1.165, 1.54) is 0 Å². The van der Waals surface area contributed by atoms with Gasteiger partial charge in [-0.05, 0) is 43.3 Å². The van der Waals surface area contributed by atoms with Gasteiger partial charge in [-0.15, -0.1) is 0 Å². The topological polar surface area (TPSA) is 61.6 Å². The van der Waals surface area contributed by atoms with Crippen molar-refractivity contribution in [2.45, 2.75) is 6.92 Å². The van der Waals surface area contributed by atoms with E-state index in [4.69, 9.17) is 15.2 Å². The Kier molecular flexibility index (Phi) is 4.03. The lowest BCUT2D eigenvalue weighted by Crippen LogP contribution is -2.11. The highest BCUT2D eigenvalue weighted by Gasteiger charge is 2.09. The summed E-state index contributed by atoms with van der Waals surface area (Å²) in [6.45, 7) is 2.54. The van der Waals surface area contributed by atoms with Gasteiger partial charge < -0.3 is 15.2 Å². The highest BCUT2D eigenvalue weighted by Crippen LogP contribution is 2.26. The maximum absolute atomic E-state index is 11.3. The summed E-state index contributed by atoms with van der Waals surface area (Å²) in [5.74, 6) is 1.33. The second-order valence-electron chi connectivity index (χ2n) is 3.87. The highest BCUT2D eigenvalue weighted by atomic mass is 16.5. The third kappa shape index (κ3) is 3.25. The Bertz CT molecular complexity index is 564. The van der Waals surface area contributed by atoms with E-state index in [1.54, 1.807) is 36.4 Å². The highest BCUT2D eigenvalue weighted by molar-refractivity contribution is 5.95. The van der Waals surface area contributed by atoms with E-state index >= 15 is 0 Å². The molecule has 2 rings (SSSR count). The summed E-state index contributed by atoms with van der Waals surface area (Å²) in [4.78, 5) is 11.3. The molecule has 0 heterocycles. The van der Waals surface area contributed by atoms with Crippen LogP contribution in [0.4, 0.5) is 0 Å². The van der Waals surface area contributed by atoms with Gasteiger partial charge in [-0.2, -0.15) is 0 Å². The van der Waals surface area contributed by atoms with Crippen LogP contribution < -0.4 is 15.2 Å². The average Bonchev–Trinajstić information content (AvgIpc) is 2.42. The molecule has 0 fully saturated rings. The van der Waals surface area contributed by atoms with E-state index in [2.05, 4.69) is 0 Å². The van der Waals surface area contributed by atoms with Gasteiger partial charge in [0, 0.05) is 0 Å². The Labute approximate surface area is 111 Å². The van der Waals surface area contributed by atoms with Crippen molar-refractivity contribution in [3.05, 3.63) is 54.1 Å². The Morgan fingerprint density at radius 2 is 1.68 bits per heavy atom. The average molecular weight is 257 g/mol. The molecule has 0 aromatic heterocycles. The second kappa shape index (κ2) is 5.91. The number of hydrogen-bond donors (Lipinski definition) is 1. The van der Waals surface area contributed by atoms with Crippen LogP contribution in [0.15, 0.2) is 48.5 Å². The number of hydrogen-bond acceptors (Lipinski definition) is 3. The third-order valence-corrected chi connectivity index (χ3v) is 2.52. The Morgan fingerprint density at radius 3 is 2.32 bits per heavy atom. The molecule has 0 aliphatic rings. The molecular formula is C15H15NO3. The number of primary amides is 1. The van der Waals surface area contributed by atoms with Crippen molar-refractivity contribution in [3.63, 3.8) is 0 Å². The Hall–Kier alpha value is -2.49. The van der Waals surface area contributed by atoms with Crippen molar-refractivity contribution in [3.8, 4) is 17.2 Å². The molecule has 0 aliphatic carbocycles. The van der Waals surface area contributed by atoms with Crippen molar-refractivity contribution in [1.82, 2.24) is 0 Å². The summed E-state index contributed by atoms with van der Waals surface area (Å²) >= 11 is 0. The predicted octanol–water partition coefficient (Wildman–Crippen LogP) is 2.98. The molecule has 0 unspecified atom stereocenters. The molecule has 4 nitrogen and oxygen atoms in total. The molecule has 2 aromatic rings. The predicted molar refractivity (Wildman–Crippen MR) is 72.6 cm³/mol. The summed E-state index contributed by atoms with van der Waals surface area (Å²) in [5.41, 5.74) is 5.65. The van der Waals surface area contributed by atoms with Crippen molar-refractivity contribution < 1.29 is 14.3 Å². The molecule has 0 bridgehead atoms. The molecule has 0 atom stereocenters. The maximum atomic E-state index is 11.3. The molecule has 1 amide bonds. The standard InChI is InChI=1S/C15H15NO3/c1-2-18-11-7-9-12(10-8-11)19-14-6-4-3-5-13(14)15(16)17/h3-10H,2H2,1H3,(H2,16,17). The number of ether oxygens (including phenoxy) is 2. The largest absolute Gasteiger partial charge is 0.494 e. The number of benzene rings is 2. The maximum Gasteiger partial charge on any atom is 0.252 e. The van der Waals surface area contributed by atoms with E-state index in [0.29, 0.717) is 23.7 Å².